The summed E-state index contributed by atoms with van der Waals surface area (Å²) >= 11 is 7.90. The first-order chi connectivity index (χ1) is 10.2. The van der Waals surface area contributed by atoms with Gasteiger partial charge in [0.15, 0.2) is 5.16 Å². The number of fused-ring (bicyclic) bond motifs is 1. The Balaban J connectivity index is 1.86. The summed E-state index contributed by atoms with van der Waals surface area (Å²) in [6, 6.07) is 13.7. The van der Waals surface area contributed by atoms with Crippen molar-refractivity contribution >= 4 is 34.4 Å². The van der Waals surface area contributed by atoms with E-state index in [9.17, 15) is 0 Å². The molecule has 0 saturated heterocycles. The number of halogens is 1. The molecule has 3 nitrogen and oxygen atoms in total. The van der Waals surface area contributed by atoms with Crippen molar-refractivity contribution in [2.24, 2.45) is 0 Å². The quantitative estimate of drug-likeness (QED) is 0.682. The summed E-state index contributed by atoms with van der Waals surface area (Å²) in [6.45, 7) is 2.12. The molecule has 0 aliphatic heterocycles. The molecule has 5 heteroatoms. The first-order valence-electron chi connectivity index (χ1n) is 6.62. The summed E-state index contributed by atoms with van der Waals surface area (Å²) in [5.41, 5.74) is 3.02. The van der Waals surface area contributed by atoms with E-state index in [-0.39, 0.29) is 5.25 Å². The van der Waals surface area contributed by atoms with Crippen molar-refractivity contribution < 1.29 is 4.74 Å². The maximum atomic E-state index is 6.24. The lowest BCUT2D eigenvalue weighted by Crippen LogP contribution is -1.90. The molecule has 3 aromatic rings. The number of H-pyrrole nitrogens is 1. The number of benzene rings is 2. The Labute approximate surface area is 132 Å². The van der Waals surface area contributed by atoms with Crippen molar-refractivity contribution in [3.8, 4) is 5.75 Å². The molecule has 1 heterocycles. The number of aromatic nitrogens is 2. The van der Waals surface area contributed by atoms with Crippen LogP contribution >= 0.6 is 23.4 Å². The summed E-state index contributed by atoms with van der Waals surface area (Å²) in [7, 11) is 1.66. The van der Waals surface area contributed by atoms with E-state index in [1.807, 2.05) is 42.5 Å². The Morgan fingerprint density at radius 1 is 1.24 bits per heavy atom. The smallest absolute Gasteiger partial charge is 0.166 e. The largest absolute Gasteiger partial charge is 0.497 e. The number of hydrogen-bond acceptors (Lipinski definition) is 3. The second-order valence-electron chi connectivity index (χ2n) is 4.71. The molecule has 21 heavy (non-hydrogen) atoms. The summed E-state index contributed by atoms with van der Waals surface area (Å²) in [6.07, 6.45) is 0. The summed E-state index contributed by atoms with van der Waals surface area (Å²) in [4.78, 5) is 7.91. The zero-order valence-electron chi connectivity index (χ0n) is 11.8. The fraction of sp³-hybridized carbons (Fsp3) is 0.188. The number of rotatable bonds is 4. The zero-order chi connectivity index (χ0) is 14.8. The van der Waals surface area contributed by atoms with Gasteiger partial charge in [-0.3, -0.25) is 0 Å². The van der Waals surface area contributed by atoms with Gasteiger partial charge in [0.1, 0.15) is 5.75 Å². The van der Waals surface area contributed by atoms with E-state index < -0.39 is 0 Å². The van der Waals surface area contributed by atoms with Crippen molar-refractivity contribution in [1.29, 1.82) is 0 Å². The van der Waals surface area contributed by atoms with E-state index in [0.717, 1.165) is 32.5 Å². The average Bonchev–Trinajstić information content (AvgIpc) is 2.88. The average molecular weight is 319 g/mol. The van der Waals surface area contributed by atoms with Crippen molar-refractivity contribution in [3.63, 3.8) is 0 Å². The van der Waals surface area contributed by atoms with Gasteiger partial charge in [0.25, 0.3) is 0 Å². The predicted octanol–water partition coefficient (Wildman–Crippen LogP) is 5.08. The first kappa shape index (κ1) is 14.3. The summed E-state index contributed by atoms with van der Waals surface area (Å²) in [5.74, 6) is 0.821. The van der Waals surface area contributed by atoms with E-state index in [0.29, 0.717) is 0 Å². The molecule has 1 atom stereocenters. The van der Waals surface area contributed by atoms with Crippen molar-refractivity contribution in [2.75, 3.05) is 7.11 Å². The van der Waals surface area contributed by atoms with Crippen molar-refractivity contribution in [2.45, 2.75) is 17.3 Å². The minimum atomic E-state index is 0.223. The maximum absolute atomic E-state index is 6.24. The molecule has 0 aliphatic carbocycles. The molecule has 0 saturated carbocycles. The molecule has 0 fully saturated rings. The van der Waals surface area contributed by atoms with E-state index in [4.69, 9.17) is 16.3 Å². The Hall–Kier alpha value is -1.65. The van der Waals surface area contributed by atoms with Crippen molar-refractivity contribution in [3.05, 3.63) is 53.1 Å². The van der Waals surface area contributed by atoms with Gasteiger partial charge in [-0.25, -0.2) is 4.98 Å². The normalized spacial score (nSPS) is 12.5. The highest BCUT2D eigenvalue weighted by Gasteiger charge is 2.13. The topological polar surface area (TPSA) is 37.9 Å². The van der Waals surface area contributed by atoms with Gasteiger partial charge < -0.3 is 9.72 Å². The highest BCUT2D eigenvalue weighted by atomic mass is 35.5. The van der Waals surface area contributed by atoms with Crippen LogP contribution < -0.4 is 4.74 Å². The van der Waals surface area contributed by atoms with Gasteiger partial charge in [0.05, 0.1) is 18.1 Å². The van der Waals surface area contributed by atoms with Gasteiger partial charge in [-0.2, -0.15) is 0 Å². The molecule has 1 aromatic heterocycles. The number of thioether (sulfide) groups is 1. The summed E-state index contributed by atoms with van der Waals surface area (Å²) < 4.78 is 5.23. The van der Waals surface area contributed by atoms with Gasteiger partial charge in [-0.05, 0) is 30.7 Å². The van der Waals surface area contributed by atoms with Gasteiger partial charge in [0.2, 0.25) is 0 Å². The Morgan fingerprint density at radius 3 is 2.81 bits per heavy atom. The molecule has 1 N–H and O–H groups in total. The molecule has 0 aliphatic rings. The Morgan fingerprint density at radius 2 is 2.05 bits per heavy atom. The molecule has 0 spiro atoms. The van der Waals surface area contributed by atoms with Crippen LogP contribution in [0.2, 0.25) is 5.02 Å². The molecule has 0 bridgehead atoms. The Bertz CT molecular complexity index is 772. The molecule has 0 radical (unpaired) electrons. The second-order valence-corrected chi connectivity index (χ2v) is 6.44. The Kier molecular flexibility index (Phi) is 4.08. The molecular formula is C16H15ClN2OS. The molecule has 2 aromatic carbocycles. The number of nitrogens with one attached hydrogen (secondary N) is 1. The van der Waals surface area contributed by atoms with Gasteiger partial charge in [-0.15, -0.1) is 0 Å². The standard InChI is InChI=1S/C16H15ClN2OS/c1-10(12-5-3-4-6-13(12)17)21-16-18-14-8-7-11(20-2)9-15(14)19-16/h3-10H,1-2H3,(H,18,19)/t10-/m1/s1. The minimum Gasteiger partial charge on any atom is -0.497 e. The second kappa shape index (κ2) is 6.00. The van der Waals surface area contributed by atoms with E-state index in [2.05, 4.69) is 16.9 Å². The molecular weight excluding hydrogens is 304 g/mol. The third kappa shape index (κ3) is 3.01. The third-order valence-electron chi connectivity index (χ3n) is 3.30. The van der Waals surface area contributed by atoms with Crippen LogP contribution in [0.4, 0.5) is 0 Å². The molecule has 0 amide bonds. The van der Waals surface area contributed by atoms with Crippen LogP contribution in [0, 0.1) is 0 Å². The van der Waals surface area contributed by atoms with Crippen LogP contribution in [0.5, 0.6) is 5.75 Å². The van der Waals surface area contributed by atoms with Crippen LogP contribution in [-0.4, -0.2) is 17.1 Å². The SMILES string of the molecule is COc1ccc2nc(S[C@H](C)c3ccccc3Cl)[nH]c2c1. The lowest BCUT2D eigenvalue weighted by atomic mass is 10.2. The van der Waals surface area contributed by atoms with Crippen LogP contribution in [0.15, 0.2) is 47.6 Å². The lowest BCUT2D eigenvalue weighted by Gasteiger charge is -2.11. The number of nitrogens with zero attached hydrogens (tertiary/aromatic N) is 1. The zero-order valence-corrected chi connectivity index (χ0v) is 13.3. The highest BCUT2D eigenvalue weighted by molar-refractivity contribution is 7.99. The number of methoxy groups -OCH3 is 1. The van der Waals surface area contributed by atoms with Crippen LogP contribution in [-0.2, 0) is 0 Å². The number of ether oxygens (including phenoxy) is 1. The monoisotopic (exact) mass is 318 g/mol. The number of imidazole rings is 1. The minimum absolute atomic E-state index is 0.223. The molecule has 3 rings (SSSR count). The van der Waals surface area contributed by atoms with Crippen LogP contribution in [0.3, 0.4) is 0 Å². The maximum Gasteiger partial charge on any atom is 0.166 e. The fourth-order valence-electron chi connectivity index (χ4n) is 2.18. The molecule has 108 valence electrons. The van der Waals surface area contributed by atoms with Crippen LogP contribution in [0.1, 0.15) is 17.7 Å². The highest BCUT2D eigenvalue weighted by Crippen LogP contribution is 2.37. The lowest BCUT2D eigenvalue weighted by molar-refractivity contribution is 0.415. The number of aromatic amines is 1. The van der Waals surface area contributed by atoms with E-state index >= 15 is 0 Å². The van der Waals surface area contributed by atoms with Crippen molar-refractivity contribution in [1.82, 2.24) is 9.97 Å². The van der Waals surface area contributed by atoms with E-state index in [1.54, 1.807) is 18.9 Å². The van der Waals surface area contributed by atoms with Gasteiger partial charge in [0, 0.05) is 16.3 Å². The van der Waals surface area contributed by atoms with Crippen LogP contribution in [0.25, 0.3) is 11.0 Å². The van der Waals surface area contributed by atoms with E-state index in [1.165, 1.54) is 0 Å². The number of hydrogen-bond donors (Lipinski definition) is 1. The fourth-order valence-corrected chi connectivity index (χ4v) is 3.54. The molecule has 0 unspecified atom stereocenters. The first-order valence-corrected chi connectivity index (χ1v) is 7.88. The predicted molar refractivity (Wildman–Crippen MR) is 88.4 cm³/mol. The van der Waals surface area contributed by atoms with Gasteiger partial charge in [-0.1, -0.05) is 41.6 Å². The van der Waals surface area contributed by atoms with Gasteiger partial charge >= 0.3 is 0 Å². The third-order valence-corrected chi connectivity index (χ3v) is 4.67. The summed E-state index contributed by atoms with van der Waals surface area (Å²) in [5, 5.41) is 1.89.